The maximum atomic E-state index is 11.8. The third-order valence-electron chi connectivity index (χ3n) is 3.55. The standard InChI is InChI=1S/C16H24O3/c1-5-7-13-8-10-14(11-9-13)12(3)16(4,18)15(17)19-6-2/h8-12,18H,5-7H2,1-4H3. The Kier molecular flexibility index (Phi) is 5.55. The van der Waals surface area contributed by atoms with Crippen LogP contribution < -0.4 is 0 Å². The lowest BCUT2D eigenvalue weighted by Crippen LogP contribution is -2.41. The normalized spacial score (nSPS) is 15.6. The van der Waals surface area contributed by atoms with Crippen LogP contribution in [-0.2, 0) is 16.0 Å². The number of hydrogen-bond donors (Lipinski definition) is 1. The number of ether oxygens (including phenoxy) is 1. The zero-order valence-electron chi connectivity index (χ0n) is 12.3. The Bertz CT molecular complexity index is 407. The second kappa shape index (κ2) is 6.71. The van der Waals surface area contributed by atoms with E-state index in [4.69, 9.17) is 4.74 Å². The van der Waals surface area contributed by atoms with Gasteiger partial charge in [0.1, 0.15) is 0 Å². The fourth-order valence-corrected chi connectivity index (χ4v) is 2.04. The molecule has 0 aliphatic carbocycles. The van der Waals surface area contributed by atoms with Crippen molar-refractivity contribution < 1.29 is 14.6 Å². The van der Waals surface area contributed by atoms with Crippen molar-refractivity contribution in [1.82, 2.24) is 0 Å². The SMILES string of the molecule is CCCc1ccc(C(C)C(C)(O)C(=O)OCC)cc1. The van der Waals surface area contributed by atoms with Gasteiger partial charge in [-0.05, 0) is 31.4 Å². The molecule has 0 aliphatic rings. The number of aryl methyl sites for hydroxylation is 1. The summed E-state index contributed by atoms with van der Waals surface area (Å²) < 4.78 is 4.92. The predicted octanol–water partition coefficient (Wildman–Crippen LogP) is 3.06. The van der Waals surface area contributed by atoms with Crippen LogP contribution in [-0.4, -0.2) is 23.3 Å². The molecule has 0 aromatic heterocycles. The minimum atomic E-state index is -1.50. The molecule has 0 amide bonds. The van der Waals surface area contributed by atoms with Crippen LogP contribution >= 0.6 is 0 Å². The van der Waals surface area contributed by atoms with Crippen molar-refractivity contribution in [3.05, 3.63) is 35.4 Å². The molecule has 1 aromatic rings. The van der Waals surface area contributed by atoms with Crippen LogP contribution in [0.5, 0.6) is 0 Å². The van der Waals surface area contributed by atoms with Gasteiger partial charge in [0.25, 0.3) is 0 Å². The largest absolute Gasteiger partial charge is 0.464 e. The summed E-state index contributed by atoms with van der Waals surface area (Å²) in [6.07, 6.45) is 2.15. The van der Waals surface area contributed by atoms with Crippen LogP contribution in [0.3, 0.4) is 0 Å². The molecule has 0 aliphatic heterocycles. The molecule has 19 heavy (non-hydrogen) atoms. The van der Waals surface area contributed by atoms with Gasteiger partial charge in [-0.3, -0.25) is 0 Å². The lowest BCUT2D eigenvalue weighted by Gasteiger charge is -2.28. The average molecular weight is 264 g/mol. The van der Waals surface area contributed by atoms with Gasteiger partial charge in [0.15, 0.2) is 5.60 Å². The van der Waals surface area contributed by atoms with Crippen LogP contribution in [0.4, 0.5) is 0 Å². The van der Waals surface area contributed by atoms with Gasteiger partial charge >= 0.3 is 5.97 Å². The zero-order valence-corrected chi connectivity index (χ0v) is 12.3. The average Bonchev–Trinajstić information content (AvgIpc) is 2.39. The highest BCUT2D eigenvalue weighted by molar-refractivity contribution is 5.80. The summed E-state index contributed by atoms with van der Waals surface area (Å²) in [5.41, 5.74) is 0.717. The van der Waals surface area contributed by atoms with Gasteiger partial charge in [0.2, 0.25) is 0 Å². The zero-order chi connectivity index (χ0) is 14.5. The Labute approximate surface area is 115 Å². The molecule has 1 rings (SSSR count). The van der Waals surface area contributed by atoms with E-state index in [-0.39, 0.29) is 12.5 Å². The van der Waals surface area contributed by atoms with E-state index in [1.807, 2.05) is 19.1 Å². The van der Waals surface area contributed by atoms with E-state index in [9.17, 15) is 9.90 Å². The van der Waals surface area contributed by atoms with E-state index in [1.54, 1.807) is 6.92 Å². The number of aliphatic hydroxyl groups is 1. The van der Waals surface area contributed by atoms with E-state index < -0.39 is 11.6 Å². The first-order valence-corrected chi connectivity index (χ1v) is 6.91. The first-order chi connectivity index (χ1) is 8.93. The van der Waals surface area contributed by atoms with Crippen LogP contribution in [0.1, 0.15) is 51.2 Å². The summed E-state index contributed by atoms with van der Waals surface area (Å²) in [7, 11) is 0. The Morgan fingerprint density at radius 3 is 2.37 bits per heavy atom. The first kappa shape index (κ1) is 15.7. The van der Waals surface area contributed by atoms with Crippen molar-refractivity contribution >= 4 is 5.97 Å². The van der Waals surface area contributed by atoms with E-state index in [0.29, 0.717) is 0 Å². The summed E-state index contributed by atoms with van der Waals surface area (Å²) in [6, 6.07) is 8.06. The molecule has 0 saturated carbocycles. The Balaban J connectivity index is 2.86. The van der Waals surface area contributed by atoms with E-state index in [2.05, 4.69) is 19.1 Å². The molecule has 1 aromatic carbocycles. The molecule has 3 heteroatoms. The molecule has 0 spiro atoms. The molecule has 0 heterocycles. The van der Waals surface area contributed by atoms with Crippen molar-refractivity contribution in [3.63, 3.8) is 0 Å². The van der Waals surface area contributed by atoms with E-state index in [0.717, 1.165) is 18.4 Å². The molecular formula is C16H24O3. The molecule has 0 saturated heterocycles. The van der Waals surface area contributed by atoms with Crippen molar-refractivity contribution in [2.75, 3.05) is 6.61 Å². The van der Waals surface area contributed by atoms with Crippen LogP contribution in [0.2, 0.25) is 0 Å². The topological polar surface area (TPSA) is 46.5 Å². The van der Waals surface area contributed by atoms with E-state index >= 15 is 0 Å². The third-order valence-corrected chi connectivity index (χ3v) is 3.55. The maximum absolute atomic E-state index is 11.8. The number of carbonyl (C=O) groups is 1. The number of rotatable bonds is 6. The monoisotopic (exact) mass is 264 g/mol. The second-order valence-corrected chi connectivity index (χ2v) is 5.08. The number of hydrogen-bond acceptors (Lipinski definition) is 3. The number of benzene rings is 1. The summed E-state index contributed by atoms with van der Waals surface area (Å²) in [4.78, 5) is 11.8. The van der Waals surface area contributed by atoms with Gasteiger partial charge in [-0.1, -0.05) is 44.5 Å². The molecule has 0 fully saturated rings. The summed E-state index contributed by atoms with van der Waals surface area (Å²) in [6.45, 7) is 7.50. The van der Waals surface area contributed by atoms with Gasteiger partial charge in [-0.2, -0.15) is 0 Å². The predicted molar refractivity (Wildman–Crippen MR) is 76.1 cm³/mol. The third kappa shape index (κ3) is 3.80. The molecule has 3 nitrogen and oxygen atoms in total. The van der Waals surface area contributed by atoms with Gasteiger partial charge in [0.05, 0.1) is 6.61 Å². The number of esters is 1. The van der Waals surface area contributed by atoms with E-state index in [1.165, 1.54) is 12.5 Å². The first-order valence-electron chi connectivity index (χ1n) is 6.91. The van der Waals surface area contributed by atoms with Crippen LogP contribution in [0, 0.1) is 0 Å². The van der Waals surface area contributed by atoms with Gasteiger partial charge in [0, 0.05) is 5.92 Å². The lowest BCUT2D eigenvalue weighted by molar-refractivity contribution is -0.165. The van der Waals surface area contributed by atoms with Gasteiger partial charge in [-0.25, -0.2) is 4.79 Å². The van der Waals surface area contributed by atoms with Crippen molar-refractivity contribution in [2.24, 2.45) is 0 Å². The number of carbonyl (C=O) groups excluding carboxylic acids is 1. The quantitative estimate of drug-likeness (QED) is 0.803. The van der Waals surface area contributed by atoms with Crippen LogP contribution in [0.25, 0.3) is 0 Å². The summed E-state index contributed by atoms with van der Waals surface area (Å²) >= 11 is 0. The highest BCUT2D eigenvalue weighted by atomic mass is 16.5. The molecule has 2 atom stereocenters. The minimum absolute atomic E-state index is 0.275. The molecule has 2 unspecified atom stereocenters. The van der Waals surface area contributed by atoms with Gasteiger partial charge < -0.3 is 9.84 Å². The fourth-order valence-electron chi connectivity index (χ4n) is 2.04. The fraction of sp³-hybridized carbons (Fsp3) is 0.562. The van der Waals surface area contributed by atoms with Crippen LogP contribution in [0.15, 0.2) is 24.3 Å². The summed E-state index contributed by atoms with van der Waals surface area (Å²) in [5.74, 6) is -0.873. The van der Waals surface area contributed by atoms with Crippen molar-refractivity contribution in [2.45, 2.75) is 52.1 Å². The molecular weight excluding hydrogens is 240 g/mol. The van der Waals surface area contributed by atoms with Gasteiger partial charge in [-0.15, -0.1) is 0 Å². The van der Waals surface area contributed by atoms with Crippen molar-refractivity contribution in [3.8, 4) is 0 Å². The Morgan fingerprint density at radius 1 is 1.32 bits per heavy atom. The lowest BCUT2D eigenvalue weighted by atomic mass is 9.84. The second-order valence-electron chi connectivity index (χ2n) is 5.08. The Hall–Kier alpha value is -1.35. The highest BCUT2D eigenvalue weighted by Gasteiger charge is 2.38. The Morgan fingerprint density at radius 2 is 1.89 bits per heavy atom. The summed E-state index contributed by atoms with van der Waals surface area (Å²) in [5, 5.41) is 10.3. The molecule has 1 N–H and O–H groups in total. The minimum Gasteiger partial charge on any atom is -0.464 e. The maximum Gasteiger partial charge on any atom is 0.338 e. The molecule has 106 valence electrons. The van der Waals surface area contributed by atoms with Crippen molar-refractivity contribution in [1.29, 1.82) is 0 Å². The molecule has 0 bridgehead atoms. The molecule has 0 radical (unpaired) electrons. The highest BCUT2D eigenvalue weighted by Crippen LogP contribution is 2.29. The smallest absolute Gasteiger partial charge is 0.338 e.